The molecule has 4 fully saturated rings. The zero-order chi connectivity index (χ0) is 21.4. The molecule has 0 aromatic rings. The first-order chi connectivity index (χ1) is 14.3. The molecule has 4 aliphatic rings. The Bertz CT molecular complexity index is 628. The molecule has 172 valence electrons. The van der Waals surface area contributed by atoms with Crippen LogP contribution >= 0.6 is 0 Å². The van der Waals surface area contributed by atoms with Gasteiger partial charge in [-0.2, -0.15) is 0 Å². The third kappa shape index (κ3) is 3.63. The predicted octanol–water partition coefficient (Wildman–Crippen LogP) is 4.25. The molecule has 8 atom stereocenters. The average molecular weight is 421 g/mol. The van der Waals surface area contributed by atoms with Crippen LogP contribution in [0.5, 0.6) is 0 Å². The normalized spacial score (nSPS) is 48.2. The number of nitrogens with zero attached hydrogens (tertiary/aromatic N) is 1. The van der Waals surface area contributed by atoms with E-state index in [0.29, 0.717) is 42.2 Å². The lowest BCUT2D eigenvalue weighted by Gasteiger charge is -2.63. The summed E-state index contributed by atoms with van der Waals surface area (Å²) in [5.41, 5.74) is 5.30. The minimum atomic E-state index is -0.514. The van der Waals surface area contributed by atoms with Crippen LogP contribution in [0.15, 0.2) is 5.16 Å². The van der Waals surface area contributed by atoms with Gasteiger partial charge < -0.3 is 20.8 Å². The van der Waals surface area contributed by atoms with E-state index >= 15 is 0 Å². The first-order valence-corrected chi connectivity index (χ1v) is 12.6. The molecule has 0 saturated heterocycles. The first-order valence-electron chi connectivity index (χ1n) is 12.6. The van der Waals surface area contributed by atoms with Crippen molar-refractivity contribution >= 4 is 6.21 Å². The lowest BCUT2D eigenvalue weighted by molar-refractivity contribution is -0.210. The van der Waals surface area contributed by atoms with Crippen LogP contribution in [-0.2, 0) is 4.84 Å². The number of fused-ring (bicyclic) bond motifs is 5. The number of aliphatic hydroxyl groups excluding tert-OH is 1. The summed E-state index contributed by atoms with van der Waals surface area (Å²) in [6.07, 6.45) is 14.5. The van der Waals surface area contributed by atoms with Crippen LogP contribution in [0.4, 0.5) is 0 Å². The van der Waals surface area contributed by atoms with E-state index in [4.69, 9.17) is 10.6 Å². The zero-order valence-electron chi connectivity index (χ0n) is 19.2. The monoisotopic (exact) mass is 420 g/mol. The van der Waals surface area contributed by atoms with E-state index in [1.165, 1.54) is 12.8 Å². The quantitative estimate of drug-likeness (QED) is 0.326. The Morgan fingerprint density at radius 2 is 1.90 bits per heavy atom. The van der Waals surface area contributed by atoms with Crippen molar-refractivity contribution in [1.29, 1.82) is 0 Å². The molecule has 0 amide bonds. The lowest BCUT2D eigenvalue weighted by atomic mass is 9.43. The van der Waals surface area contributed by atoms with Crippen LogP contribution in [-0.4, -0.2) is 41.3 Å². The third-order valence-electron chi connectivity index (χ3n) is 10.2. The van der Waals surface area contributed by atoms with Gasteiger partial charge in [-0.15, -0.1) is 0 Å². The topological polar surface area (TPSA) is 88.1 Å². The second kappa shape index (κ2) is 8.71. The van der Waals surface area contributed by atoms with Crippen molar-refractivity contribution in [2.75, 3.05) is 13.2 Å². The largest absolute Gasteiger partial charge is 0.396 e. The van der Waals surface area contributed by atoms with Crippen molar-refractivity contribution in [2.45, 2.75) is 103 Å². The molecule has 0 heterocycles. The van der Waals surface area contributed by atoms with Crippen molar-refractivity contribution in [2.24, 2.45) is 45.4 Å². The van der Waals surface area contributed by atoms with Crippen LogP contribution in [0.1, 0.15) is 90.9 Å². The maximum atomic E-state index is 12.2. The Labute approximate surface area is 182 Å². The summed E-state index contributed by atoms with van der Waals surface area (Å²) in [6.45, 7) is 6.10. The van der Waals surface area contributed by atoms with Crippen LogP contribution < -0.4 is 5.73 Å². The smallest absolute Gasteiger partial charge is 0.118 e. The minimum Gasteiger partial charge on any atom is -0.396 e. The summed E-state index contributed by atoms with van der Waals surface area (Å²) >= 11 is 0. The van der Waals surface area contributed by atoms with Gasteiger partial charge in [-0.3, -0.25) is 0 Å². The van der Waals surface area contributed by atoms with Crippen LogP contribution in [0, 0.1) is 34.5 Å². The van der Waals surface area contributed by atoms with Crippen molar-refractivity contribution in [1.82, 2.24) is 0 Å². The molecular weight excluding hydrogens is 376 g/mol. The summed E-state index contributed by atoms with van der Waals surface area (Å²) in [5, 5.41) is 26.5. The fraction of sp³-hybridized carbons (Fsp3) is 0.960. The van der Waals surface area contributed by atoms with Gasteiger partial charge in [-0.25, -0.2) is 0 Å². The van der Waals surface area contributed by atoms with Crippen LogP contribution in [0.3, 0.4) is 0 Å². The van der Waals surface area contributed by atoms with Crippen molar-refractivity contribution in [3.05, 3.63) is 0 Å². The van der Waals surface area contributed by atoms with Gasteiger partial charge in [0.15, 0.2) is 0 Å². The summed E-state index contributed by atoms with van der Waals surface area (Å²) in [5.74, 6) is 2.27. The number of nitrogens with two attached hydrogens (primary N) is 1. The Morgan fingerprint density at radius 3 is 2.70 bits per heavy atom. The highest BCUT2D eigenvalue weighted by molar-refractivity contribution is 5.56. The molecule has 4 saturated carbocycles. The molecule has 5 nitrogen and oxygen atoms in total. The molecule has 30 heavy (non-hydrogen) atoms. The molecule has 0 radical (unpaired) electrons. The average Bonchev–Trinajstić information content (AvgIpc) is 2.99. The zero-order valence-corrected chi connectivity index (χ0v) is 19.2. The molecule has 0 aromatic heterocycles. The first kappa shape index (κ1) is 22.5. The SMILES string of the molecule is C[C@]12CCC(O)CC1CC[C@@H]1[C@H]2CC[C@]2(C)C(CC/C=N/OCCCN)CC[C@@]12O. The molecule has 0 aliphatic heterocycles. The molecule has 3 unspecified atom stereocenters. The predicted molar refractivity (Wildman–Crippen MR) is 120 cm³/mol. The number of hydrogen-bond acceptors (Lipinski definition) is 5. The second-order valence-electron chi connectivity index (χ2n) is 11.4. The van der Waals surface area contributed by atoms with E-state index < -0.39 is 5.60 Å². The minimum absolute atomic E-state index is 0.0276. The molecular formula is C25H44N2O3. The highest BCUT2D eigenvalue weighted by Crippen LogP contribution is 2.69. The standard InChI is InChI=1S/C25H44N2O3/c1-23-11-9-20(28)17-19(23)6-7-22-21(23)10-12-24(2)18(8-13-25(22,24)29)5-3-15-27-30-16-4-14-26/h15,18-22,28-29H,3-14,16-17,26H2,1-2H3/b27-15+/t18?,19?,20?,21-,22-,23+,24-,25-/m1/s1. The Hall–Kier alpha value is -0.650. The van der Waals surface area contributed by atoms with E-state index in [1.54, 1.807) is 0 Å². The summed E-state index contributed by atoms with van der Waals surface area (Å²) < 4.78 is 0. The van der Waals surface area contributed by atoms with Gasteiger partial charge in [0, 0.05) is 6.21 Å². The van der Waals surface area contributed by atoms with E-state index in [0.717, 1.165) is 64.2 Å². The second-order valence-corrected chi connectivity index (χ2v) is 11.4. The summed E-state index contributed by atoms with van der Waals surface area (Å²) in [7, 11) is 0. The molecule has 4 aliphatic carbocycles. The van der Waals surface area contributed by atoms with Crippen LogP contribution in [0.25, 0.3) is 0 Å². The fourth-order valence-corrected chi connectivity index (χ4v) is 8.36. The van der Waals surface area contributed by atoms with Crippen LogP contribution in [0.2, 0.25) is 0 Å². The van der Waals surface area contributed by atoms with Crippen molar-refractivity contribution in [3.63, 3.8) is 0 Å². The molecule has 0 spiro atoms. The van der Waals surface area contributed by atoms with Gasteiger partial charge in [0.2, 0.25) is 0 Å². The Kier molecular flexibility index (Phi) is 6.54. The van der Waals surface area contributed by atoms with E-state index in [1.807, 2.05) is 6.21 Å². The maximum absolute atomic E-state index is 12.2. The van der Waals surface area contributed by atoms with Gasteiger partial charge in [0.25, 0.3) is 0 Å². The Morgan fingerprint density at radius 1 is 1.07 bits per heavy atom. The fourth-order valence-electron chi connectivity index (χ4n) is 8.36. The van der Waals surface area contributed by atoms with Gasteiger partial charge in [-0.05, 0) is 118 Å². The number of hydrogen-bond donors (Lipinski definition) is 3. The molecule has 4 rings (SSSR count). The van der Waals surface area contributed by atoms with Gasteiger partial charge >= 0.3 is 0 Å². The van der Waals surface area contributed by atoms with E-state index in [-0.39, 0.29) is 11.5 Å². The third-order valence-corrected chi connectivity index (χ3v) is 10.2. The molecule has 5 heteroatoms. The maximum Gasteiger partial charge on any atom is 0.118 e. The number of aliphatic hydroxyl groups is 2. The van der Waals surface area contributed by atoms with E-state index in [2.05, 4.69) is 19.0 Å². The number of rotatable bonds is 7. The highest BCUT2D eigenvalue weighted by atomic mass is 16.6. The molecule has 0 aromatic carbocycles. The molecule has 0 bridgehead atoms. The van der Waals surface area contributed by atoms with E-state index in [9.17, 15) is 10.2 Å². The van der Waals surface area contributed by atoms with Crippen molar-refractivity contribution < 1.29 is 15.1 Å². The highest BCUT2D eigenvalue weighted by Gasteiger charge is 2.66. The van der Waals surface area contributed by atoms with Gasteiger partial charge in [0.05, 0.1) is 11.7 Å². The lowest BCUT2D eigenvalue weighted by Crippen LogP contribution is -2.62. The van der Waals surface area contributed by atoms with Gasteiger partial charge in [0.1, 0.15) is 6.61 Å². The molecule has 4 N–H and O–H groups in total. The summed E-state index contributed by atoms with van der Waals surface area (Å²) in [6, 6.07) is 0. The summed E-state index contributed by atoms with van der Waals surface area (Å²) in [4.78, 5) is 5.25. The van der Waals surface area contributed by atoms with Gasteiger partial charge in [-0.1, -0.05) is 19.0 Å². The Balaban J connectivity index is 1.42. The van der Waals surface area contributed by atoms with Crippen molar-refractivity contribution in [3.8, 4) is 0 Å². The number of oxime groups is 1.